The van der Waals surface area contributed by atoms with Gasteiger partial charge >= 0.3 is 0 Å². The lowest BCUT2D eigenvalue weighted by Crippen LogP contribution is -2.32. The molecule has 1 aliphatic rings. The van der Waals surface area contributed by atoms with E-state index in [1.54, 1.807) is 31.2 Å². The van der Waals surface area contributed by atoms with Gasteiger partial charge in [-0.25, -0.2) is 0 Å². The van der Waals surface area contributed by atoms with Gasteiger partial charge in [0.1, 0.15) is 12.4 Å². The predicted octanol–water partition coefficient (Wildman–Crippen LogP) is 3.75. The number of fused-ring (bicyclic) bond motifs is 1. The summed E-state index contributed by atoms with van der Waals surface area (Å²) in [6.45, 7) is 2.00. The molecule has 1 aliphatic heterocycles. The van der Waals surface area contributed by atoms with Crippen molar-refractivity contribution in [3.63, 3.8) is 0 Å². The summed E-state index contributed by atoms with van der Waals surface area (Å²) >= 11 is 5.98. The van der Waals surface area contributed by atoms with E-state index in [1.165, 1.54) is 12.1 Å². The Balaban J connectivity index is 1.73. The molecule has 1 amide bonds. The highest BCUT2D eigenvalue weighted by molar-refractivity contribution is 6.30. The molecule has 0 saturated carbocycles. The maximum atomic E-state index is 12.5. The van der Waals surface area contributed by atoms with Gasteiger partial charge in [0.15, 0.2) is 0 Å². The van der Waals surface area contributed by atoms with Crippen molar-refractivity contribution in [2.75, 3.05) is 11.9 Å². The minimum atomic E-state index is -0.464. The summed E-state index contributed by atoms with van der Waals surface area (Å²) in [7, 11) is 0. The molecule has 0 aromatic heterocycles. The highest BCUT2D eigenvalue weighted by atomic mass is 35.5. The molecule has 124 valence electrons. The molecule has 0 aliphatic carbocycles. The summed E-state index contributed by atoms with van der Waals surface area (Å²) in [5.74, 6) is 0.220. The standard InChI is InChI=1S/C17H15ClN2O4/c1-10-6-14(20(22)23)3-4-15(10)19-17(21)12-7-11-8-13(18)2-5-16(11)24-9-12/h2-6,8,12H,7,9H2,1H3,(H,19,21)/t12-/m1/s1. The summed E-state index contributed by atoms with van der Waals surface area (Å²) in [5, 5.41) is 14.2. The second-order valence-electron chi connectivity index (χ2n) is 5.71. The first-order valence-corrected chi connectivity index (χ1v) is 7.79. The number of carbonyl (C=O) groups excluding carboxylic acids is 1. The zero-order chi connectivity index (χ0) is 17.3. The molecule has 1 heterocycles. The summed E-state index contributed by atoms with van der Waals surface area (Å²) in [5.41, 5.74) is 2.09. The molecular formula is C17H15ClN2O4. The summed E-state index contributed by atoms with van der Waals surface area (Å²) in [6.07, 6.45) is 0.535. The third-order valence-corrected chi connectivity index (χ3v) is 4.21. The Hall–Kier alpha value is -2.60. The van der Waals surface area contributed by atoms with Crippen LogP contribution in [0.25, 0.3) is 0 Å². The number of halogens is 1. The monoisotopic (exact) mass is 346 g/mol. The Morgan fingerprint density at radius 1 is 1.33 bits per heavy atom. The topological polar surface area (TPSA) is 81.5 Å². The molecule has 6 nitrogen and oxygen atoms in total. The van der Waals surface area contributed by atoms with E-state index in [1.807, 2.05) is 0 Å². The highest BCUT2D eigenvalue weighted by Gasteiger charge is 2.26. The highest BCUT2D eigenvalue weighted by Crippen LogP contribution is 2.30. The van der Waals surface area contributed by atoms with Gasteiger partial charge in [-0.2, -0.15) is 0 Å². The van der Waals surface area contributed by atoms with Crippen molar-refractivity contribution >= 4 is 28.9 Å². The van der Waals surface area contributed by atoms with E-state index < -0.39 is 4.92 Å². The molecule has 0 saturated heterocycles. The van der Waals surface area contributed by atoms with Gasteiger partial charge in [-0.1, -0.05) is 11.6 Å². The number of rotatable bonds is 3. The number of nitrogens with zero attached hydrogens (tertiary/aromatic N) is 1. The van der Waals surface area contributed by atoms with Crippen LogP contribution in [0.5, 0.6) is 5.75 Å². The van der Waals surface area contributed by atoms with Gasteiger partial charge in [-0.15, -0.1) is 0 Å². The number of carbonyl (C=O) groups is 1. The minimum Gasteiger partial charge on any atom is -0.492 e. The van der Waals surface area contributed by atoms with E-state index in [2.05, 4.69) is 5.32 Å². The van der Waals surface area contributed by atoms with Crippen LogP contribution in [0, 0.1) is 23.0 Å². The summed E-state index contributed by atoms with van der Waals surface area (Å²) in [4.78, 5) is 22.8. The smallest absolute Gasteiger partial charge is 0.269 e. The number of hydrogen-bond acceptors (Lipinski definition) is 4. The van der Waals surface area contributed by atoms with Crippen LogP contribution in [-0.4, -0.2) is 17.4 Å². The van der Waals surface area contributed by atoms with Crippen LogP contribution < -0.4 is 10.1 Å². The van der Waals surface area contributed by atoms with Crippen molar-refractivity contribution in [1.29, 1.82) is 0 Å². The first kappa shape index (κ1) is 16.3. The number of aryl methyl sites for hydroxylation is 1. The molecule has 1 N–H and O–H groups in total. The van der Waals surface area contributed by atoms with Crippen LogP contribution in [0.3, 0.4) is 0 Å². The Kier molecular flexibility index (Phi) is 4.40. The molecule has 0 spiro atoms. The second-order valence-corrected chi connectivity index (χ2v) is 6.15. The van der Waals surface area contributed by atoms with Gasteiger partial charge in [-0.05, 0) is 48.7 Å². The van der Waals surface area contributed by atoms with Crippen LogP contribution in [-0.2, 0) is 11.2 Å². The lowest BCUT2D eigenvalue weighted by atomic mass is 9.96. The number of hydrogen-bond donors (Lipinski definition) is 1. The third-order valence-electron chi connectivity index (χ3n) is 3.98. The molecule has 0 radical (unpaired) electrons. The van der Waals surface area contributed by atoms with Gasteiger partial charge in [-0.3, -0.25) is 14.9 Å². The number of nitrogens with one attached hydrogen (secondary N) is 1. The number of nitro benzene ring substituents is 1. The second kappa shape index (κ2) is 6.49. The maximum absolute atomic E-state index is 12.5. The molecule has 1 atom stereocenters. The minimum absolute atomic E-state index is 0.00457. The molecular weight excluding hydrogens is 332 g/mol. The van der Waals surface area contributed by atoms with Crippen molar-refractivity contribution in [1.82, 2.24) is 0 Å². The normalized spacial score (nSPS) is 16.0. The average molecular weight is 347 g/mol. The van der Waals surface area contributed by atoms with Crippen LogP contribution in [0.15, 0.2) is 36.4 Å². The van der Waals surface area contributed by atoms with Crippen LogP contribution >= 0.6 is 11.6 Å². The van der Waals surface area contributed by atoms with Crippen LogP contribution in [0.1, 0.15) is 11.1 Å². The number of benzene rings is 2. The molecule has 0 fully saturated rings. The van der Waals surface area contributed by atoms with E-state index in [-0.39, 0.29) is 24.1 Å². The zero-order valence-corrected chi connectivity index (χ0v) is 13.7. The lowest BCUT2D eigenvalue weighted by molar-refractivity contribution is -0.384. The van der Waals surface area contributed by atoms with E-state index in [0.29, 0.717) is 22.7 Å². The van der Waals surface area contributed by atoms with Gasteiger partial charge in [0.25, 0.3) is 5.69 Å². The fourth-order valence-electron chi connectivity index (χ4n) is 2.67. The number of ether oxygens (including phenoxy) is 1. The first-order chi connectivity index (χ1) is 11.4. The van der Waals surface area contributed by atoms with Crippen molar-refractivity contribution in [3.8, 4) is 5.75 Å². The van der Waals surface area contributed by atoms with Crippen molar-refractivity contribution in [2.24, 2.45) is 5.92 Å². The van der Waals surface area contributed by atoms with Crippen molar-refractivity contribution < 1.29 is 14.5 Å². The summed E-state index contributed by atoms with van der Waals surface area (Å²) < 4.78 is 5.62. The number of non-ortho nitro benzene ring substituents is 1. The van der Waals surface area contributed by atoms with Crippen LogP contribution in [0.4, 0.5) is 11.4 Å². The predicted molar refractivity (Wildman–Crippen MR) is 90.6 cm³/mol. The number of nitro groups is 1. The Bertz CT molecular complexity index is 822. The van der Waals surface area contributed by atoms with Gasteiger partial charge in [0.2, 0.25) is 5.91 Å². The van der Waals surface area contributed by atoms with E-state index in [4.69, 9.17) is 16.3 Å². The average Bonchev–Trinajstić information content (AvgIpc) is 2.55. The maximum Gasteiger partial charge on any atom is 0.269 e. The Morgan fingerprint density at radius 2 is 2.12 bits per heavy atom. The molecule has 0 bridgehead atoms. The lowest BCUT2D eigenvalue weighted by Gasteiger charge is -2.25. The van der Waals surface area contributed by atoms with E-state index >= 15 is 0 Å². The van der Waals surface area contributed by atoms with Crippen molar-refractivity contribution in [2.45, 2.75) is 13.3 Å². The van der Waals surface area contributed by atoms with Crippen molar-refractivity contribution in [3.05, 3.63) is 62.7 Å². The van der Waals surface area contributed by atoms with Gasteiger partial charge < -0.3 is 10.1 Å². The number of amides is 1. The molecule has 3 rings (SSSR count). The fraction of sp³-hybridized carbons (Fsp3) is 0.235. The van der Waals surface area contributed by atoms with Gasteiger partial charge in [0.05, 0.1) is 10.8 Å². The quantitative estimate of drug-likeness (QED) is 0.678. The zero-order valence-electron chi connectivity index (χ0n) is 12.9. The third kappa shape index (κ3) is 3.33. The van der Waals surface area contributed by atoms with Gasteiger partial charge in [0, 0.05) is 22.8 Å². The molecule has 2 aromatic rings. The fourth-order valence-corrected chi connectivity index (χ4v) is 2.86. The Labute approximate surface area is 143 Å². The molecule has 24 heavy (non-hydrogen) atoms. The summed E-state index contributed by atoms with van der Waals surface area (Å²) in [6, 6.07) is 9.69. The first-order valence-electron chi connectivity index (χ1n) is 7.41. The SMILES string of the molecule is Cc1cc([N+](=O)[O-])ccc1NC(=O)[C@H]1COc2ccc(Cl)cc2C1. The van der Waals surface area contributed by atoms with E-state index in [0.717, 1.165) is 11.3 Å². The molecule has 7 heteroatoms. The Morgan fingerprint density at radius 3 is 2.83 bits per heavy atom. The van der Waals surface area contributed by atoms with E-state index in [9.17, 15) is 14.9 Å². The molecule has 0 unspecified atom stereocenters. The largest absolute Gasteiger partial charge is 0.492 e. The van der Waals surface area contributed by atoms with Crippen LogP contribution in [0.2, 0.25) is 5.02 Å². The molecule has 2 aromatic carbocycles. The number of anilines is 1.